The maximum absolute atomic E-state index is 11.8. The van der Waals surface area contributed by atoms with Gasteiger partial charge in [0.05, 0.1) is 0 Å². The number of carbonyl (C=O) groups excluding carboxylic acids is 1. The van der Waals surface area contributed by atoms with Gasteiger partial charge in [-0.15, -0.1) is 11.6 Å². The highest BCUT2D eigenvalue weighted by atomic mass is 35.5. The smallest absolute Gasteiger partial charge is 0.251 e. The Labute approximate surface area is 106 Å². The van der Waals surface area contributed by atoms with Crippen LogP contribution in [0.3, 0.4) is 0 Å². The zero-order valence-electron chi connectivity index (χ0n) is 9.34. The van der Waals surface area contributed by atoms with Crippen LogP contribution < -0.4 is 5.32 Å². The van der Waals surface area contributed by atoms with Gasteiger partial charge in [0, 0.05) is 22.5 Å². The largest absolute Gasteiger partial charge is 0.349 e. The maximum Gasteiger partial charge on any atom is 0.251 e. The van der Waals surface area contributed by atoms with Gasteiger partial charge in [0.15, 0.2) is 0 Å². The lowest BCUT2D eigenvalue weighted by Gasteiger charge is -2.19. The molecule has 0 aliphatic heterocycles. The van der Waals surface area contributed by atoms with E-state index in [1.165, 1.54) is 0 Å². The predicted molar refractivity (Wildman–Crippen MR) is 68.3 cm³/mol. The van der Waals surface area contributed by atoms with Gasteiger partial charge in [-0.1, -0.05) is 24.6 Å². The number of carbonyl (C=O) groups is 1. The molecule has 1 amide bonds. The van der Waals surface area contributed by atoms with Crippen LogP contribution in [0.15, 0.2) is 24.3 Å². The topological polar surface area (TPSA) is 29.1 Å². The average molecular weight is 260 g/mol. The van der Waals surface area contributed by atoms with Gasteiger partial charge in [-0.05, 0) is 31.0 Å². The highest BCUT2D eigenvalue weighted by Crippen LogP contribution is 2.11. The van der Waals surface area contributed by atoms with Crippen LogP contribution in [0, 0.1) is 5.92 Å². The first kappa shape index (κ1) is 13.3. The number of amides is 1. The summed E-state index contributed by atoms with van der Waals surface area (Å²) in [6.45, 7) is 3.94. The van der Waals surface area contributed by atoms with E-state index in [0.717, 1.165) is 0 Å². The molecule has 2 unspecified atom stereocenters. The minimum Gasteiger partial charge on any atom is -0.349 e. The fourth-order valence-corrected chi connectivity index (χ4v) is 1.65. The molecular weight excluding hydrogens is 245 g/mol. The lowest BCUT2D eigenvalue weighted by atomic mass is 10.1. The van der Waals surface area contributed by atoms with Gasteiger partial charge in [0.1, 0.15) is 0 Å². The van der Waals surface area contributed by atoms with Gasteiger partial charge in [-0.3, -0.25) is 4.79 Å². The Morgan fingerprint density at radius 3 is 2.69 bits per heavy atom. The van der Waals surface area contributed by atoms with Gasteiger partial charge in [0.25, 0.3) is 5.91 Å². The maximum atomic E-state index is 11.8. The summed E-state index contributed by atoms with van der Waals surface area (Å²) in [5, 5.41) is 3.45. The molecule has 1 aromatic carbocycles. The van der Waals surface area contributed by atoms with Crippen LogP contribution >= 0.6 is 23.2 Å². The van der Waals surface area contributed by atoms with Crippen molar-refractivity contribution in [3.63, 3.8) is 0 Å². The molecule has 0 saturated heterocycles. The van der Waals surface area contributed by atoms with E-state index in [1.54, 1.807) is 24.3 Å². The van der Waals surface area contributed by atoms with Crippen molar-refractivity contribution >= 4 is 29.1 Å². The second-order valence-electron chi connectivity index (χ2n) is 3.90. The van der Waals surface area contributed by atoms with E-state index in [4.69, 9.17) is 23.2 Å². The molecule has 0 heterocycles. The molecule has 4 heteroatoms. The Morgan fingerprint density at radius 1 is 1.44 bits per heavy atom. The van der Waals surface area contributed by atoms with Crippen LogP contribution in [-0.4, -0.2) is 17.8 Å². The Morgan fingerprint density at radius 2 is 2.12 bits per heavy atom. The molecule has 0 aliphatic carbocycles. The standard InChI is InChI=1S/C12H15Cl2NO/c1-8(7-13)9(2)15-12(16)10-4-3-5-11(14)6-10/h3-6,8-9H,7H2,1-2H3,(H,15,16). The molecule has 2 atom stereocenters. The van der Waals surface area contributed by atoms with Crippen molar-refractivity contribution in [2.75, 3.05) is 5.88 Å². The molecule has 0 aliphatic rings. The number of halogens is 2. The summed E-state index contributed by atoms with van der Waals surface area (Å²) < 4.78 is 0. The van der Waals surface area contributed by atoms with Crippen molar-refractivity contribution in [3.8, 4) is 0 Å². The first-order valence-electron chi connectivity index (χ1n) is 5.17. The van der Waals surface area contributed by atoms with Gasteiger partial charge in [0.2, 0.25) is 0 Å². The zero-order chi connectivity index (χ0) is 12.1. The van der Waals surface area contributed by atoms with E-state index >= 15 is 0 Å². The molecule has 0 fully saturated rings. The number of rotatable bonds is 4. The molecule has 88 valence electrons. The van der Waals surface area contributed by atoms with E-state index in [1.807, 2.05) is 13.8 Å². The quantitative estimate of drug-likeness (QED) is 0.826. The molecule has 0 saturated carbocycles. The van der Waals surface area contributed by atoms with Crippen LogP contribution in [0.1, 0.15) is 24.2 Å². The molecule has 16 heavy (non-hydrogen) atoms. The molecular formula is C12H15Cl2NO. The third kappa shape index (κ3) is 3.69. The minimum absolute atomic E-state index is 0.0454. The number of benzene rings is 1. The summed E-state index contributed by atoms with van der Waals surface area (Å²) >= 11 is 11.5. The Kier molecular flexibility index (Phi) is 5.10. The van der Waals surface area contributed by atoms with Crippen LogP contribution in [-0.2, 0) is 0 Å². The van der Waals surface area contributed by atoms with Crippen molar-refractivity contribution in [3.05, 3.63) is 34.9 Å². The summed E-state index contributed by atoms with van der Waals surface area (Å²) in [7, 11) is 0. The third-order valence-electron chi connectivity index (χ3n) is 2.54. The average Bonchev–Trinajstić information content (AvgIpc) is 2.27. The molecule has 0 bridgehead atoms. The minimum atomic E-state index is -0.119. The Balaban J connectivity index is 2.66. The van der Waals surface area contributed by atoms with Crippen LogP contribution in [0.5, 0.6) is 0 Å². The normalized spacial score (nSPS) is 14.2. The zero-order valence-corrected chi connectivity index (χ0v) is 10.8. The fourth-order valence-electron chi connectivity index (χ4n) is 1.20. The SMILES string of the molecule is CC(CCl)C(C)NC(=O)c1cccc(Cl)c1. The number of alkyl halides is 1. The lowest BCUT2D eigenvalue weighted by molar-refractivity contribution is 0.0931. The van der Waals surface area contributed by atoms with E-state index in [0.29, 0.717) is 16.5 Å². The van der Waals surface area contributed by atoms with Crippen LogP contribution in [0.25, 0.3) is 0 Å². The van der Waals surface area contributed by atoms with Crippen molar-refractivity contribution in [1.29, 1.82) is 0 Å². The summed E-state index contributed by atoms with van der Waals surface area (Å²) in [6.07, 6.45) is 0. The van der Waals surface area contributed by atoms with E-state index in [9.17, 15) is 4.79 Å². The van der Waals surface area contributed by atoms with Crippen LogP contribution in [0.2, 0.25) is 5.02 Å². The molecule has 0 spiro atoms. The fraction of sp³-hybridized carbons (Fsp3) is 0.417. The van der Waals surface area contributed by atoms with E-state index in [-0.39, 0.29) is 17.9 Å². The monoisotopic (exact) mass is 259 g/mol. The number of nitrogens with one attached hydrogen (secondary N) is 1. The van der Waals surface area contributed by atoms with E-state index in [2.05, 4.69) is 5.32 Å². The molecule has 2 nitrogen and oxygen atoms in total. The van der Waals surface area contributed by atoms with Crippen molar-refractivity contribution in [2.45, 2.75) is 19.9 Å². The summed E-state index contributed by atoms with van der Waals surface area (Å²) in [4.78, 5) is 11.8. The molecule has 0 radical (unpaired) electrons. The van der Waals surface area contributed by atoms with Gasteiger partial charge < -0.3 is 5.32 Å². The summed E-state index contributed by atoms with van der Waals surface area (Å²) in [5.74, 6) is 0.647. The third-order valence-corrected chi connectivity index (χ3v) is 3.26. The van der Waals surface area contributed by atoms with Crippen molar-refractivity contribution < 1.29 is 4.79 Å². The number of hydrogen-bond acceptors (Lipinski definition) is 1. The predicted octanol–water partition coefficient (Wildman–Crippen LogP) is 3.33. The van der Waals surface area contributed by atoms with Gasteiger partial charge >= 0.3 is 0 Å². The summed E-state index contributed by atoms with van der Waals surface area (Å²) in [6, 6.07) is 6.92. The highest BCUT2D eigenvalue weighted by molar-refractivity contribution is 6.30. The van der Waals surface area contributed by atoms with Gasteiger partial charge in [-0.2, -0.15) is 0 Å². The first-order chi connectivity index (χ1) is 7.54. The second-order valence-corrected chi connectivity index (χ2v) is 4.65. The van der Waals surface area contributed by atoms with E-state index < -0.39 is 0 Å². The Hall–Kier alpha value is -0.730. The Bertz CT molecular complexity index is 368. The molecule has 1 aromatic rings. The lowest BCUT2D eigenvalue weighted by Crippen LogP contribution is -2.37. The van der Waals surface area contributed by atoms with Crippen LogP contribution in [0.4, 0.5) is 0 Å². The van der Waals surface area contributed by atoms with Crippen molar-refractivity contribution in [1.82, 2.24) is 5.32 Å². The van der Waals surface area contributed by atoms with Gasteiger partial charge in [-0.25, -0.2) is 0 Å². The number of hydrogen-bond donors (Lipinski definition) is 1. The summed E-state index contributed by atoms with van der Waals surface area (Å²) in [5.41, 5.74) is 0.570. The molecule has 1 N–H and O–H groups in total. The molecule has 1 rings (SSSR count). The first-order valence-corrected chi connectivity index (χ1v) is 6.08. The highest BCUT2D eigenvalue weighted by Gasteiger charge is 2.14. The second kappa shape index (κ2) is 6.12. The molecule has 0 aromatic heterocycles. The van der Waals surface area contributed by atoms with Crippen molar-refractivity contribution in [2.24, 2.45) is 5.92 Å².